The molecule has 53 heavy (non-hydrogen) atoms. The van der Waals surface area contributed by atoms with Crippen molar-refractivity contribution in [2.45, 2.75) is 75.7 Å². The Hall–Kier alpha value is -3.78. The zero-order chi connectivity index (χ0) is 37.6. The molecule has 4 aromatic rings. The average molecular weight is 761 g/mol. The van der Waals surface area contributed by atoms with Gasteiger partial charge in [0, 0.05) is 40.7 Å². The molecule has 4 aromatic carbocycles. The topological polar surface area (TPSA) is 158 Å². The highest BCUT2D eigenvalue weighted by atomic mass is 33.1. The molecule has 1 fully saturated rings. The van der Waals surface area contributed by atoms with Crippen molar-refractivity contribution in [2.24, 2.45) is 5.92 Å². The van der Waals surface area contributed by atoms with Gasteiger partial charge in [-0.1, -0.05) is 51.9 Å². The number of carbonyl (C=O) groups excluding carboxylic acids is 2. The number of fused-ring (bicyclic) bond motifs is 9. The molecule has 0 saturated carbocycles. The highest BCUT2D eigenvalue weighted by molar-refractivity contribution is 8.76. The van der Waals surface area contributed by atoms with Crippen LogP contribution in [0.5, 0.6) is 17.2 Å². The molecule has 12 heteroatoms. The van der Waals surface area contributed by atoms with E-state index in [0.717, 1.165) is 38.6 Å². The van der Waals surface area contributed by atoms with Gasteiger partial charge in [0.15, 0.2) is 11.5 Å². The maximum atomic E-state index is 14.0. The van der Waals surface area contributed by atoms with Crippen molar-refractivity contribution in [1.82, 2.24) is 5.32 Å². The largest absolute Gasteiger partial charge is 0.508 e. The molecule has 6 rings (SSSR count). The van der Waals surface area contributed by atoms with Crippen LogP contribution in [0.3, 0.4) is 0 Å². The van der Waals surface area contributed by atoms with Crippen LogP contribution in [-0.4, -0.2) is 70.7 Å². The molecule has 0 spiro atoms. The van der Waals surface area contributed by atoms with Crippen molar-refractivity contribution in [3.05, 3.63) is 82.9 Å². The second-order valence-electron chi connectivity index (χ2n) is 13.9. The number of rotatable bonds is 9. The first-order chi connectivity index (χ1) is 25.6. The fourth-order valence-corrected chi connectivity index (χ4v) is 10.5. The van der Waals surface area contributed by atoms with E-state index in [1.807, 2.05) is 42.5 Å². The van der Waals surface area contributed by atoms with Gasteiger partial charge in [-0.2, -0.15) is 0 Å². The highest BCUT2D eigenvalue weighted by Gasteiger charge is 2.34. The first kappa shape index (κ1) is 38.9. The van der Waals surface area contributed by atoms with E-state index in [4.69, 9.17) is 9.47 Å². The summed E-state index contributed by atoms with van der Waals surface area (Å²) >= 11 is 0. The van der Waals surface area contributed by atoms with Gasteiger partial charge in [0.25, 0.3) is 0 Å². The Labute approximate surface area is 318 Å². The summed E-state index contributed by atoms with van der Waals surface area (Å²) in [6.45, 7) is 1.40. The van der Waals surface area contributed by atoms with Crippen LogP contribution in [0.1, 0.15) is 72.8 Å². The summed E-state index contributed by atoms with van der Waals surface area (Å²) < 4.78 is 12.7. The van der Waals surface area contributed by atoms with Gasteiger partial charge in [0.2, 0.25) is 0 Å². The van der Waals surface area contributed by atoms with E-state index < -0.39 is 18.4 Å². The molecule has 5 atom stereocenters. The minimum atomic E-state index is -0.625. The number of phenols is 2. The van der Waals surface area contributed by atoms with Crippen molar-refractivity contribution >= 4 is 49.6 Å². The van der Waals surface area contributed by atoms with Gasteiger partial charge in [-0.05, 0) is 109 Å². The van der Waals surface area contributed by atoms with Crippen LogP contribution >= 0.6 is 21.6 Å². The van der Waals surface area contributed by atoms with Crippen molar-refractivity contribution in [1.29, 1.82) is 0 Å². The van der Waals surface area contributed by atoms with E-state index in [1.54, 1.807) is 46.8 Å². The van der Waals surface area contributed by atoms with E-state index >= 15 is 0 Å². The number of Topliss-reactive ketones (excluding diaryl/α,β-unsaturated/α-hetero) is 2. The number of ketones is 2. The van der Waals surface area contributed by atoms with Crippen molar-refractivity contribution in [3.63, 3.8) is 0 Å². The Kier molecular flexibility index (Phi) is 12.9. The van der Waals surface area contributed by atoms with E-state index in [-0.39, 0.29) is 60.2 Å². The average Bonchev–Trinajstić information content (AvgIpc) is 3.24. The number of carbonyl (C=O) groups is 2. The molecule has 2 aliphatic rings. The normalized spacial score (nSPS) is 21.5. The summed E-state index contributed by atoms with van der Waals surface area (Å²) in [4.78, 5) is 25.6. The first-order valence-corrected chi connectivity index (χ1v) is 20.4. The molecule has 1 heterocycles. The van der Waals surface area contributed by atoms with Crippen molar-refractivity contribution in [2.75, 3.05) is 31.8 Å². The Balaban J connectivity index is 1.45. The molecule has 0 radical (unpaired) electrons. The Morgan fingerprint density at radius 1 is 1.04 bits per heavy atom. The van der Waals surface area contributed by atoms with E-state index in [9.17, 15) is 30.0 Å². The number of aromatic hydroxyl groups is 2. The number of benzene rings is 4. The lowest BCUT2D eigenvalue weighted by atomic mass is 9.85. The van der Waals surface area contributed by atoms with Crippen LogP contribution in [0.25, 0.3) is 21.9 Å². The molecule has 1 aliphatic heterocycles. The molecule has 6 N–H and O–H groups in total. The summed E-state index contributed by atoms with van der Waals surface area (Å²) in [5.41, 5.74) is 5.50. The van der Waals surface area contributed by atoms with Crippen LogP contribution in [0, 0.1) is 5.92 Å². The van der Waals surface area contributed by atoms with Gasteiger partial charge >= 0.3 is 0 Å². The quantitative estimate of drug-likeness (QED) is 0.0754. The van der Waals surface area contributed by atoms with Crippen LogP contribution in [0.4, 0.5) is 5.69 Å². The lowest BCUT2D eigenvalue weighted by Gasteiger charge is -2.32. The van der Waals surface area contributed by atoms with Gasteiger partial charge in [0.1, 0.15) is 23.5 Å². The Morgan fingerprint density at radius 2 is 1.85 bits per heavy atom. The lowest BCUT2D eigenvalue weighted by Crippen LogP contribution is -2.35. The molecule has 1 aliphatic carbocycles. The zero-order valence-corrected chi connectivity index (χ0v) is 31.9. The Morgan fingerprint density at radius 3 is 2.60 bits per heavy atom. The number of phenolic OH excluding ortho intramolecular Hbond substituents is 2. The number of aliphatic hydroxyl groups excluding tert-OH is 2. The lowest BCUT2D eigenvalue weighted by molar-refractivity contribution is -0.127. The monoisotopic (exact) mass is 760 g/mol. The SMILES string of the molecule is CNC(OC1CC(=O)CCc2ccc(O)c(OC)c2-c2ccc3ccc(O)cc3c2C2CCC1CC(O)CSS2)c1ccc(NCC(C)=O)c(CO)c1. The first-order valence-electron chi connectivity index (χ1n) is 18.0. The molecule has 10 nitrogen and oxygen atoms in total. The van der Waals surface area contributed by atoms with E-state index in [1.165, 1.54) is 14.0 Å². The maximum absolute atomic E-state index is 14.0. The fraction of sp³-hybridized carbons (Fsp3) is 0.415. The number of aryl methyl sites for hydroxylation is 1. The maximum Gasteiger partial charge on any atom is 0.168 e. The molecule has 282 valence electrons. The van der Waals surface area contributed by atoms with Gasteiger partial charge in [-0.25, -0.2) is 0 Å². The second-order valence-corrected chi connectivity index (χ2v) is 16.5. The third kappa shape index (κ3) is 8.96. The van der Waals surface area contributed by atoms with E-state index in [2.05, 4.69) is 10.6 Å². The summed E-state index contributed by atoms with van der Waals surface area (Å²) in [6.07, 6.45) is 0.773. The van der Waals surface area contributed by atoms with Crippen molar-refractivity contribution in [3.8, 4) is 28.4 Å². The van der Waals surface area contributed by atoms with Gasteiger partial charge < -0.3 is 35.2 Å². The van der Waals surface area contributed by atoms with E-state index in [0.29, 0.717) is 48.4 Å². The predicted octanol–water partition coefficient (Wildman–Crippen LogP) is 7.21. The van der Waals surface area contributed by atoms with Crippen LogP contribution in [0.15, 0.2) is 60.7 Å². The standard InChI is InChI=1S/C41H48N2O8S2/c1-23(45)20-43-34-13-7-27(16-28(34)21-44)41(42-2)51-36-19-30(47)11-5-25-8-14-35(49)40(50-3)38(25)32-12-6-24-4-10-29(46)18-33(24)39(32)37-15-9-26(36)17-31(48)22-52-53-37/h4,6-8,10,12-14,16,18,26,31,36-37,41-44,46,48-49H,5,9,11,15,17,19-22H2,1-3H3. The van der Waals surface area contributed by atoms with Crippen LogP contribution in [-0.2, 0) is 27.4 Å². The smallest absolute Gasteiger partial charge is 0.168 e. The predicted molar refractivity (Wildman–Crippen MR) is 212 cm³/mol. The minimum absolute atomic E-state index is 0.00197. The second kappa shape index (κ2) is 17.6. The summed E-state index contributed by atoms with van der Waals surface area (Å²) in [6, 6.07) is 18.4. The summed E-state index contributed by atoms with van der Waals surface area (Å²) in [5.74, 6) is 0.784. The molecular formula is C41H48N2O8S2. The number of nitrogens with one attached hydrogen (secondary N) is 2. The molecule has 5 unspecified atom stereocenters. The third-order valence-electron chi connectivity index (χ3n) is 10.2. The van der Waals surface area contributed by atoms with Crippen LogP contribution < -0.4 is 15.4 Å². The fourth-order valence-electron chi connectivity index (χ4n) is 7.61. The molecular weight excluding hydrogens is 713 g/mol. The van der Waals surface area contributed by atoms with Gasteiger partial charge in [-0.3, -0.25) is 14.9 Å². The van der Waals surface area contributed by atoms with Crippen LogP contribution in [0.2, 0.25) is 0 Å². The molecule has 2 bridgehead atoms. The molecule has 1 saturated heterocycles. The number of hydrogen-bond donors (Lipinski definition) is 6. The van der Waals surface area contributed by atoms with Gasteiger partial charge in [0.05, 0.1) is 32.5 Å². The highest BCUT2D eigenvalue weighted by Crippen LogP contribution is 2.53. The number of ether oxygens (including phenoxy) is 2. The zero-order valence-electron chi connectivity index (χ0n) is 30.3. The van der Waals surface area contributed by atoms with Gasteiger partial charge in [-0.15, -0.1) is 0 Å². The number of anilines is 1. The number of aliphatic hydroxyl groups is 2. The number of hydrogen-bond acceptors (Lipinski definition) is 12. The number of methoxy groups -OCH3 is 1. The molecule has 0 aromatic heterocycles. The summed E-state index contributed by atoms with van der Waals surface area (Å²) in [7, 11) is 6.62. The third-order valence-corrected chi connectivity index (χ3v) is 13.1. The minimum Gasteiger partial charge on any atom is -0.508 e. The molecule has 0 amide bonds. The van der Waals surface area contributed by atoms with Crippen molar-refractivity contribution < 1.29 is 39.5 Å². The Bertz CT molecular complexity index is 1960. The summed E-state index contributed by atoms with van der Waals surface area (Å²) in [5, 5.41) is 51.4.